The first kappa shape index (κ1) is 21.6. The van der Waals surface area contributed by atoms with E-state index in [1.165, 1.54) is 30.3 Å². The number of hydrogen-bond acceptors (Lipinski definition) is 3. The second-order valence-electron chi connectivity index (χ2n) is 6.54. The van der Waals surface area contributed by atoms with Gasteiger partial charge in [0.25, 0.3) is 17.7 Å². The minimum Gasteiger partial charge on any atom is -0.350 e. The Balaban J connectivity index is 1.46. The number of anilines is 1. The van der Waals surface area contributed by atoms with Crippen molar-refractivity contribution in [3.8, 4) is 0 Å². The average Bonchev–Trinajstić information content (AvgIpc) is 2.79. The van der Waals surface area contributed by atoms with Crippen molar-refractivity contribution in [2.75, 3.05) is 18.4 Å². The molecule has 3 N–H and O–H groups in total. The van der Waals surface area contributed by atoms with Crippen LogP contribution in [0, 0.1) is 11.6 Å². The lowest BCUT2D eigenvalue weighted by atomic mass is 10.1. The molecule has 0 aliphatic heterocycles. The molecule has 0 aliphatic carbocycles. The van der Waals surface area contributed by atoms with Crippen LogP contribution in [0.4, 0.5) is 14.5 Å². The van der Waals surface area contributed by atoms with E-state index in [0.29, 0.717) is 16.8 Å². The second kappa shape index (κ2) is 10.1. The zero-order chi connectivity index (χ0) is 22.2. The van der Waals surface area contributed by atoms with Crippen LogP contribution < -0.4 is 16.0 Å². The molecule has 158 valence electrons. The van der Waals surface area contributed by atoms with Gasteiger partial charge in [-0.05, 0) is 54.6 Å². The molecule has 0 unspecified atom stereocenters. The number of carbonyl (C=O) groups is 3. The maximum absolute atomic E-state index is 13.3. The highest BCUT2D eigenvalue weighted by molar-refractivity contribution is 6.04. The van der Waals surface area contributed by atoms with E-state index in [9.17, 15) is 23.2 Å². The van der Waals surface area contributed by atoms with Crippen molar-refractivity contribution in [3.05, 3.63) is 101 Å². The summed E-state index contributed by atoms with van der Waals surface area (Å²) in [5, 5.41) is 7.94. The van der Waals surface area contributed by atoms with E-state index in [2.05, 4.69) is 16.0 Å². The monoisotopic (exact) mass is 423 g/mol. The van der Waals surface area contributed by atoms with E-state index in [1.807, 2.05) is 6.07 Å². The Morgan fingerprint density at radius 1 is 0.613 bits per heavy atom. The first-order valence-corrected chi connectivity index (χ1v) is 9.42. The quantitative estimate of drug-likeness (QED) is 0.509. The van der Waals surface area contributed by atoms with Crippen LogP contribution in [0.15, 0.2) is 72.8 Å². The molecule has 3 aromatic rings. The van der Waals surface area contributed by atoms with Crippen molar-refractivity contribution >= 4 is 23.4 Å². The number of hydrogen-bond donors (Lipinski definition) is 3. The predicted molar refractivity (Wildman–Crippen MR) is 112 cm³/mol. The SMILES string of the molecule is O=C(NCCNC(=O)c1ccc(NC(=O)c2ccc(F)c(F)c2)cc1)c1ccccc1. The fourth-order valence-corrected chi connectivity index (χ4v) is 2.69. The van der Waals surface area contributed by atoms with Gasteiger partial charge < -0.3 is 16.0 Å². The predicted octanol–water partition coefficient (Wildman–Crippen LogP) is 3.38. The molecule has 6 nitrogen and oxygen atoms in total. The summed E-state index contributed by atoms with van der Waals surface area (Å²) in [6.45, 7) is 0.508. The van der Waals surface area contributed by atoms with Crippen LogP contribution in [0.3, 0.4) is 0 Å². The number of halogens is 2. The van der Waals surface area contributed by atoms with Crippen LogP contribution in [-0.4, -0.2) is 30.8 Å². The van der Waals surface area contributed by atoms with Gasteiger partial charge >= 0.3 is 0 Å². The Morgan fingerprint density at radius 3 is 1.74 bits per heavy atom. The van der Waals surface area contributed by atoms with E-state index in [4.69, 9.17) is 0 Å². The summed E-state index contributed by atoms with van der Waals surface area (Å²) in [6.07, 6.45) is 0. The van der Waals surface area contributed by atoms with E-state index in [0.717, 1.165) is 12.1 Å². The fraction of sp³-hybridized carbons (Fsp3) is 0.0870. The Bertz CT molecular complexity index is 1090. The summed E-state index contributed by atoms with van der Waals surface area (Å²) in [5.41, 5.74) is 1.26. The van der Waals surface area contributed by atoms with Gasteiger partial charge in [-0.3, -0.25) is 14.4 Å². The van der Waals surface area contributed by atoms with Crippen molar-refractivity contribution in [2.45, 2.75) is 0 Å². The standard InChI is InChI=1S/C23H19F2N3O3/c24-19-11-8-17(14-20(19)25)23(31)28-18-9-6-16(7-10-18)22(30)27-13-12-26-21(29)15-4-2-1-3-5-15/h1-11,14H,12-13H2,(H,26,29)(H,27,30)(H,28,31). The highest BCUT2D eigenvalue weighted by Crippen LogP contribution is 2.13. The summed E-state index contributed by atoms with van der Waals surface area (Å²) in [5.74, 6) is -3.32. The number of nitrogens with one attached hydrogen (secondary N) is 3. The van der Waals surface area contributed by atoms with Crippen LogP contribution in [0.25, 0.3) is 0 Å². The van der Waals surface area contributed by atoms with Crippen LogP contribution in [-0.2, 0) is 0 Å². The van der Waals surface area contributed by atoms with Crippen LogP contribution in [0.1, 0.15) is 31.1 Å². The van der Waals surface area contributed by atoms with Crippen LogP contribution >= 0.6 is 0 Å². The average molecular weight is 423 g/mol. The third-order valence-electron chi connectivity index (χ3n) is 4.32. The van der Waals surface area contributed by atoms with Crippen LogP contribution in [0.2, 0.25) is 0 Å². The zero-order valence-electron chi connectivity index (χ0n) is 16.3. The first-order chi connectivity index (χ1) is 14.9. The van der Waals surface area contributed by atoms with Gasteiger partial charge in [0.1, 0.15) is 0 Å². The smallest absolute Gasteiger partial charge is 0.255 e. The molecule has 8 heteroatoms. The number of benzene rings is 3. The maximum atomic E-state index is 13.3. The minimum atomic E-state index is -1.11. The maximum Gasteiger partial charge on any atom is 0.255 e. The lowest BCUT2D eigenvalue weighted by Gasteiger charge is -2.09. The van der Waals surface area contributed by atoms with E-state index in [1.54, 1.807) is 24.3 Å². The molecule has 3 amide bonds. The van der Waals surface area contributed by atoms with Gasteiger partial charge in [0.05, 0.1) is 0 Å². The molecule has 0 fully saturated rings. The summed E-state index contributed by atoms with van der Waals surface area (Å²) in [7, 11) is 0. The molecular weight excluding hydrogens is 404 g/mol. The second-order valence-corrected chi connectivity index (χ2v) is 6.54. The molecule has 31 heavy (non-hydrogen) atoms. The van der Waals surface area contributed by atoms with Crippen molar-refractivity contribution < 1.29 is 23.2 Å². The fourth-order valence-electron chi connectivity index (χ4n) is 2.69. The Hall–Kier alpha value is -4.07. The molecule has 0 aromatic heterocycles. The van der Waals surface area contributed by atoms with Crippen molar-refractivity contribution in [1.29, 1.82) is 0 Å². The highest BCUT2D eigenvalue weighted by atomic mass is 19.2. The molecule has 0 saturated heterocycles. The number of carbonyl (C=O) groups excluding carboxylic acids is 3. The van der Waals surface area contributed by atoms with Gasteiger partial charge in [-0.1, -0.05) is 18.2 Å². The molecule has 3 aromatic carbocycles. The Kier molecular flexibility index (Phi) is 7.05. The van der Waals surface area contributed by atoms with Crippen molar-refractivity contribution in [3.63, 3.8) is 0 Å². The summed E-state index contributed by atoms with van der Waals surface area (Å²) in [6, 6.07) is 17.7. The molecule has 0 saturated carbocycles. The van der Waals surface area contributed by atoms with E-state index < -0.39 is 17.5 Å². The van der Waals surface area contributed by atoms with E-state index in [-0.39, 0.29) is 30.5 Å². The van der Waals surface area contributed by atoms with E-state index >= 15 is 0 Å². The summed E-state index contributed by atoms with van der Waals surface area (Å²) in [4.78, 5) is 36.2. The largest absolute Gasteiger partial charge is 0.350 e. The molecule has 0 radical (unpaired) electrons. The molecular formula is C23H19F2N3O3. The molecule has 0 atom stereocenters. The minimum absolute atomic E-state index is 0.0294. The molecule has 0 spiro atoms. The molecule has 3 rings (SSSR count). The Labute approximate surface area is 177 Å². The van der Waals surface area contributed by atoms with Crippen molar-refractivity contribution in [2.24, 2.45) is 0 Å². The first-order valence-electron chi connectivity index (χ1n) is 9.42. The van der Waals surface area contributed by atoms with Crippen molar-refractivity contribution in [1.82, 2.24) is 10.6 Å². The lowest BCUT2D eigenvalue weighted by Crippen LogP contribution is -2.34. The van der Waals surface area contributed by atoms with Gasteiger partial charge in [-0.15, -0.1) is 0 Å². The Morgan fingerprint density at radius 2 is 1.16 bits per heavy atom. The third-order valence-corrected chi connectivity index (χ3v) is 4.32. The third kappa shape index (κ3) is 5.96. The normalized spacial score (nSPS) is 10.3. The molecule has 0 bridgehead atoms. The summed E-state index contributed by atoms with van der Waals surface area (Å²) < 4.78 is 26.2. The zero-order valence-corrected chi connectivity index (χ0v) is 16.3. The number of amides is 3. The highest BCUT2D eigenvalue weighted by Gasteiger charge is 2.11. The van der Waals surface area contributed by atoms with Gasteiger partial charge in [-0.25, -0.2) is 8.78 Å². The molecule has 0 aliphatic rings. The summed E-state index contributed by atoms with van der Waals surface area (Å²) >= 11 is 0. The lowest BCUT2D eigenvalue weighted by molar-refractivity contribution is 0.0927. The van der Waals surface area contributed by atoms with Gasteiger partial charge in [0, 0.05) is 35.5 Å². The van der Waals surface area contributed by atoms with Crippen LogP contribution in [0.5, 0.6) is 0 Å². The van der Waals surface area contributed by atoms with Gasteiger partial charge in [-0.2, -0.15) is 0 Å². The topological polar surface area (TPSA) is 87.3 Å². The van der Waals surface area contributed by atoms with Gasteiger partial charge in [0.15, 0.2) is 11.6 Å². The van der Waals surface area contributed by atoms with Gasteiger partial charge in [0.2, 0.25) is 0 Å². The number of rotatable bonds is 7. The molecule has 0 heterocycles.